The smallest absolute Gasteiger partial charge is 0.170 e. The lowest BCUT2D eigenvalue weighted by Crippen LogP contribution is -2.52. The normalized spacial score (nSPS) is 28.3. The number of aliphatic hydroxyl groups excluding tert-OH is 1. The maximum atomic E-state index is 10.3. The predicted molar refractivity (Wildman–Crippen MR) is 81.1 cm³/mol. The molecule has 1 aliphatic carbocycles. The highest BCUT2D eigenvalue weighted by Gasteiger charge is 2.45. The van der Waals surface area contributed by atoms with Gasteiger partial charge in [0.05, 0.1) is 19.3 Å². The number of benzene rings is 1. The molecular weight excluding hydrogens is 266 g/mol. The van der Waals surface area contributed by atoms with Crippen molar-refractivity contribution in [2.24, 2.45) is 0 Å². The second-order valence-corrected chi connectivity index (χ2v) is 6.20. The van der Waals surface area contributed by atoms with E-state index in [-0.39, 0.29) is 12.1 Å². The van der Waals surface area contributed by atoms with Crippen LogP contribution in [0.25, 0.3) is 0 Å². The first-order chi connectivity index (χ1) is 10.2. The first-order valence-corrected chi connectivity index (χ1v) is 7.89. The molecule has 0 radical (unpaired) electrons. The van der Waals surface area contributed by atoms with Crippen molar-refractivity contribution in [3.63, 3.8) is 0 Å². The van der Waals surface area contributed by atoms with E-state index in [1.54, 1.807) is 0 Å². The zero-order valence-corrected chi connectivity index (χ0v) is 12.7. The van der Waals surface area contributed by atoms with Crippen molar-refractivity contribution in [1.82, 2.24) is 4.90 Å². The fourth-order valence-corrected chi connectivity index (χ4v) is 3.44. The summed E-state index contributed by atoms with van der Waals surface area (Å²) in [6.45, 7) is 2.29. The van der Waals surface area contributed by atoms with Gasteiger partial charge in [0.2, 0.25) is 0 Å². The van der Waals surface area contributed by atoms with Gasteiger partial charge in [0.1, 0.15) is 0 Å². The Morgan fingerprint density at radius 3 is 2.67 bits per heavy atom. The van der Waals surface area contributed by atoms with Gasteiger partial charge in [-0.05, 0) is 25.5 Å². The van der Waals surface area contributed by atoms with Crippen molar-refractivity contribution in [3.05, 3.63) is 35.9 Å². The van der Waals surface area contributed by atoms with Gasteiger partial charge in [0.25, 0.3) is 0 Å². The Morgan fingerprint density at radius 2 is 1.95 bits per heavy atom. The lowest BCUT2D eigenvalue weighted by Gasteiger charge is -2.42. The largest absolute Gasteiger partial charge is 0.391 e. The van der Waals surface area contributed by atoms with Gasteiger partial charge in [0, 0.05) is 25.4 Å². The number of likely N-dealkylation sites (N-methyl/N-ethyl adjacent to an activating group) is 1. The van der Waals surface area contributed by atoms with E-state index in [0.29, 0.717) is 13.2 Å². The summed E-state index contributed by atoms with van der Waals surface area (Å²) in [5, 5.41) is 10.3. The van der Waals surface area contributed by atoms with Crippen LogP contribution < -0.4 is 0 Å². The number of aliphatic hydroxyl groups is 1. The van der Waals surface area contributed by atoms with Crippen molar-refractivity contribution >= 4 is 0 Å². The number of rotatable bonds is 4. The van der Waals surface area contributed by atoms with Gasteiger partial charge in [-0.25, -0.2) is 0 Å². The van der Waals surface area contributed by atoms with Crippen LogP contribution >= 0.6 is 0 Å². The topological polar surface area (TPSA) is 41.9 Å². The van der Waals surface area contributed by atoms with Crippen LogP contribution in [0.2, 0.25) is 0 Å². The predicted octanol–water partition coefficient (Wildman–Crippen LogP) is 1.82. The summed E-state index contributed by atoms with van der Waals surface area (Å²) in [5.74, 6) is -0.440. The highest BCUT2D eigenvalue weighted by Crippen LogP contribution is 2.37. The molecule has 2 atom stereocenters. The molecule has 1 saturated carbocycles. The summed E-state index contributed by atoms with van der Waals surface area (Å²) < 4.78 is 11.6. The second-order valence-electron chi connectivity index (χ2n) is 6.20. The molecule has 0 amide bonds. The van der Waals surface area contributed by atoms with E-state index in [2.05, 4.69) is 36.2 Å². The Balaban J connectivity index is 1.58. The number of hydrogen-bond donors (Lipinski definition) is 1. The van der Waals surface area contributed by atoms with Gasteiger partial charge >= 0.3 is 0 Å². The van der Waals surface area contributed by atoms with E-state index in [1.807, 2.05) is 6.07 Å². The van der Waals surface area contributed by atoms with Crippen LogP contribution in [-0.2, 0) is 15.9 Å². The van der Waals surface area contributed by atoms with E-state index in [9.17, 15) is 5.11 Å². The lowest BCUT2D eigenvalue weighted by molar-refractivity contribution is -0.203. The minimum absolute atomic E-state index is 0.112. The fourth-order valence-electron chi connectivity index (χ4n) is 3.44. The molecule has 4 nitrogen and oxygen atoms in total. The van der Waals surface area contributed by atoms with E-state index >= 15 is 0 Å². The van der Waals surface area contributed by atoms with Crippen LogP contribution in [0.5, 0.6) is 0 Å². The molecule has 1 N–H and O–H groups in total. The molecule has 1 spiro atoms. The zero-order chi connectivity index (χ0) is 14.7. The molecule has 1 heterocycles. The first-order valence-electron chi connectivity index (χ1n) is 7.89. The summed E-state index contributed by atoms with van der Waals surface area (Å²) in [4.78, 5) is 2.25. The molecule has 2 aliphatic rings. The number of hydrogen-bond acceptors (Lipinski definition) is 4. The number of nitrogens with zero attached hydrogens (tertiary/aromatic N) is 1. The Hall–Kier alpha value is -0.940. The third kappa shape index (κ3) is 3.46. The molecule has 0 bridgehead atoms. The van der Waals surface area contributed by atoms with Crippen LogP contribution in [0, 0.1) is 0 Å². The standard InChI is InChI=1S/C17H25NO3/c1-18(10-8-14-5-3-2-4-6-14)15-13-17(9-7-16(15)19)20-11-12-21-17/h2-6,15-16,19H,7-13H2,1H3. The second kappa shape index (κ2) is 6.44. The molecule has 0 aromatic heterocycles. The van der Waals surface area contributed by atoms with E-state index in [4.69, 9.17) is 9.47 Å². The van der Waals surface area contributed by atoms with E-state index in [1.165, 1.54) is 5.56 Å². The van der Waals surface area contributed by atoms with Crippen molar-refractivity contribution < 1.29 is 14.6 Å². The Bertz CT molecular complexity index is 445. The molecule has 1 aromatic carbocycles. The summed E-state index contributed by atoms with van der Waals surface area (Å²) in [5.41, 5.74) is 1.33. The summed E-state index contributed by atoms with van der Waals surface area (Å²) in [7, 11) is 2.09. The molecule has 3 rings (SSSR count). The zero-order valence-electron chi connectivity index (χ0n) is 12.7. The molecule has 21 heavy (non-hydrogen) atoms. The molecule has 4 heteroatoms. The molecule has 1 aliphatic heterocycles. The maximum Gasteiger partial charge on any atom is 0.170 e. The minimum atomic E-state index is -0.440. The van der Waals surface area contributed by atoms with Crippen molar-refractivity contribution in [3.8, 4) is 0 Å². The Kier molecular flexibility index (Phi) is 4.60. The molecule has 2 unspecified atom stereocenters. The number of ether oxygens (including phenoxy) is 2. The molecule has 1 saturated heterocycles. The van der Waals surface area contributed by atoms with Crippen molar-refractivity contribution in [2.45, 2.75) is 43.6 Å². The quantitative estimate of drug-likeness (QED) is 0.919. The lowest BCUT2D eigenvalue weighted by atomic mass is 9.86. The monoisotopic (exact) mass is 291 g/mol. The molecule has 116 valence electrons. The van der Waals surface area contributed by atoms with Crippen LogP contribution in [0.4, 0.5) is 0 Å². The Morgan fingerprint density at radius 1 is 1.24 bits per heavy atom. The molecule has 2 fully saturated rings. The van der Waals surface area contributed by atoms with Crippen molar-refractivity contribution in [1.29, 1.82) is 0 Å². The molecular formula is C17H25NO3. The summed E-state index contributed by atoms with van der Waals surface area (Å²) in [6.07, 6.45) is 3.02. The van der Waals surface area contributed by atoms with Crippen LogP contribution in [0.1, 0.15) is 24.8 Å². The minimum Gasteiger partial charge on any atom is -0.391 e. The maximum absolute atomic E-state index is 10.3. The van der Waals surface area contributed by atoms with Gasteiger partial charge < -0.3 is 19.5 Å². The summed E-state index contributed by atoms with van der Waals surface area (Å²) in [6, 6.07) is 10.6. The fraction of sp³-hybridized carbons (Fsp3) is 0.647. The molecule has 1 aromatic rings. The SMILES string of the molecule is CN(CCc1ccccc1)C1CC2(CCC1O)OCCO2. The van der Waals surface area contributed by atoms with Crippen LogP contribution in [0.3, 0.4) is 0 Å². The average molecular weight is 291 g/mol. The highest BCUT2D eigenvalue weighted by atomic mass is 16.7. The van der Waals surface area contributed by atoms with Gasteiger partial charge in [0.15, 0.2) is 5.79 Å². The van der Waals surface area contributed by atoms with E-state index < -0.39 is 5.79 Å². The van der Waals surface area contributed by atoms with Gasteiger partial charge in [-0.15, -0.1) is 0 Å². The summed E-state index contributed by atoms with van der Waals surface area (Å²) >= 11 is 0. The van der Waals surface area contributed by atoms with Crippen molar-refractivity contribution in [2.75, 3.05) is 26.8 Å². The van der Waals surface area contributed by atoms with Gasteiger partial charge in [-0.3, -0.25) is 0 Å². The van der Waals surface area contributed by atoms with Gasteiger partial charge in [-0.1, -0.05) is 30.3 Å². The highest BCUT2D eigenvalue weighted by molar-refractivity contribution is 5.14. The first kappa shape index (κ1) is 15.0. The third-order valence-corrected chi connectivity index (χ3v) is 4.76. The average Bonchev–Trinajstić information content (AvgIpc) is 2.97. The van der Waals surface area contributed by atoms with Crippen LogP contribution in [0.15, 0.2) is 30.3 Å². The third-order valence-electron chi connectivity index (χ3n) is 4.76. The van der Waals surface area contributed by atoms with Gasteiger partial charge in [-0.2, -0.15) is 0 Å². The van der Waals surface area contributed by atoms with Crippen LogP contribution in [-0.4, -0.2) is 54.7 Å². The van der Waals surface area contributed by atoms with E-state index in [0.717, 1.165) is 32.2 Å². The Labute approximate surface area is 126 Å².